The molecular formula is C11H15BrClNO2S2. The van der Waals surface area contributed by atoms with E-state index in [1.165, 1.54) is 0 Å². The van der Waals surface area contributed by atoms with E-state index in [0.29, 0.717) is 25.8 Å². The Balaban J connectivity index is 1.90. The third-order valence-electron chi connectivity index (χ3n) is 3.15. The molecule has 0 spiro atoms. The first kappa shape index (κ1) is 14.8. The van der Waals surface area contributed by atoms with Crippen LogP contribution in [0.4, 0.5) is 0 Å². The van der Waals surface area contributed by atoms with E-state index in [0.717, 1.165) is 37.0 Å². The average Bonchev–Trinajstić information content (AvgIpc) is 2.76. The number of hydrogen-bond donors (Lipinski definition) is 1. The van der Waals surface area contributed by atoms with Gasteiger partial charge in [0.15, 0.2) is 0 Å². The van der Waals surface area contributed by atoms with E-state index >= 15 is 0 Å². The predicted molar refractivity (Wildman–Crippen MR) is 79.2 cm³/mol. The maximum Gasteiger partial charge on any atom is 0.250 e. The molecule has 3 nitrogen and oxygen atoms in total. The van der Waals surface area contributed by atoms with Crippen LogP contribution in [0.2, 0.25) is 4.34 Å². The van der Waals surface area contributed by atoms with Crippen LogP contribution < -0.4 is 4.72 Å². The number of hydrogen-bond acceptors (Lipinski definition) is 3. The van der Waals surface area contributed by atoms with Crippen molar-refractivity contribution in [1.29, 1.82) is 0 Å². The zero-order valence-electron chi connectivity index (χ0n) is 9.73. The summed E-state index contributed by atoms with van der Waals surface area (Å²) in [5, 5.41) is 0. The van der Waals surface area contributed by atoms with Gasteiger partial charge in [-0.2, -0.15) is 0 Å². The molecular weight excluding hydrogens is 358 g/mol. The summed E-state index contributed by atoms with van der Waals surface area (Å²) in [7, 11) is -3.38. The summed E-state index contributed by atoms with van der Waals surface area (Å²) < 4.78 is 27.4. The monoisotopic (exact) mass is 371 g/mol. The highest BCUT2D eigenvalue weighted by Gasteiger charge is 2.22. The van der Waals surface area contributed by atoms with Gasteiger partial charge in [0.2, 0.25) is 10.0 Å². The van der Waals surface area contributed by atoms with Gasteiger partial charge in [-0.05, 0) is 43.7 Å². The number of thiophene rings is 1. The third kappa shape index (κ3) is 3.93. The topological polar surface area (TPSA) is 46.2 Å². The van der Waals surface area contributed by atoms with E-state index in [-0.39, 0.29) is 0 Å². The SMILES string of the molecule is O=S(=O)(NCC1CCC(Br)CC1)c1ccc(Cl)s1. The minimum Gasteiger partial charge on any atom is -0.210 e. The Kier molecular flexibility index (Phi) is 5.11. The van der Waals surface area contributed by atoms with E-state index in [9.17, 15) is 8.42 Å². The molecule has 0 unspecified atom stereocenters. The quantitative estimate of drug-likeness (QED) is 0.820. The molecule has 7 heteroatoms. The van der Waals surface area contributed by atoms with Gasteiger partial charge in [-0.1, -0.05) is 27.5 Å². The van der Waals surface area contributed by atoms with Gasteiger partial charge < -0.3 is 0 Å². The highest BCUT2D eigenvalue weighted by Crippen LogP contribution is 2.29. The second-order valence-electron chi connectivity index (χ2n) is 4.53. The molecule has 0 aromatic carbocycles. The van der Waals surface area contributed by atoms with Gasteiger partial charge >= 0.3 is 0 Å². The minimum absolute atomic E-state index is 0.293. The lowest BCUT2D eigenvalue weighted by atomic mass is 9.89. The number of rotatable bonds is 4. The van der Waals surface area contributed by atoms with E-state index in [1.807, 2.05) is 0 Å². The fourth-order valence-corrected chi connectivity index (χ4v) is 5.24. The van der Waals surface area contributed by atoms with Crippen molar-refractivity contribution in [3.8, 4) is 0 Å². The lowest BCUT2D eigenvalue weighted by Crippen LogP contribution is -2.31. The van der Waals surface area contributed by atoms with Crippen LogP contribution in [-0.4, -0.2) is 19.8 Å². The van der Waals surface area contributed by atoms with E-state index < -0.39 is 10.0 Å². The standard InChI is InChI=1S/C11H15BrClNO2S2/c12-9-3-1-8(2-4-9)7-14-18(15,16)11-6-5-10(13)17-11/h5-6,8-9,14H,1-4,7H2. The Morgan fingerprint density at radius 1 is 1.33 bits per heavy atom. The van der Waals surface area contributed by atoms with Crippen molar-refractivity contribution >= 4 is 48.9 Å². The number of halogens is 2. The van der Waals surface area contributed by atoms with Gasteiger partial charge in [-0.3, -0.25) is 0 Å². The summed E-state index contributed by atoms with van der Waals surface area (Å²) in [4.78, 5) is 0.599. The predicted octanol–water partition coefficient (Wildman–Crippen LogP) is 3.63. The van der Waals surface area contributed by atoms with Crippen molar-refractivity contribution in [2.24, 2.45) is 5.92 Å². The summed E-state index contributed by atoms with van der Waals surface area (Å²) in [6.07, 6.45) is 4.39. The summed E-state index contributed by atoms with van der Waals surface area (Å²) in [6, 6.07) is 3.15. The van der Waals surface area contributed by atoms with Gasteiger partial charge in [0.25, 0.3) is 0 Å². The molecule has 1 N–H and O–H groups in total. The van der Waals surface area contributed by atoms with E-state index in [1.54, 1.807) is 12.1 Å². The van der Waals surface area contributed by atoms with Crippen LogP contribution in [0.3, 0.4) is 0 Å². The molecule has 18 heavy (non-hydrogen) atoms. The smallest absolute Gasteiger partial charge is 0.210 e. The second-order valence-corrected chi connectivity index (χ2v) is 9.53. The van der Waals surface area contributed by atoms with Crippen molar-refractivity contribution in [2.75, 3.05) is 6.54 Å². The average molecular weight is 373 g/mol. The molecule has 0 bridgehead atoms. The van der Waals surface area contributed by atoms with E-state index in [2.05, 4.69) is 20.7 Å². The Bertz CT molecular complexity index is 495. The van der Waals surface area contributed by atoms with Crippen LogP contribution in [-0.2, 0) is 10.0 Å². The molecule has 0 radical (unpaired) electrons. The minimum atomic E-state index is -3.38. The van der Waals surface area contributed by atoms with Gasteiger partial charge in [0, 0.05) is 11.4 Å². The highest BCUT2D eigenvalue weighted by atomic mass is 79.9. The molecule has 1 aromatic heterocycles. The fraction of sp³-hybridized carbons (Fsp3) is 0.636. The molecule has 1 saturated carbocycles. The third-order valence-corrected chi connectivity index (χ3v) is 7.21. The molecule has 1 heterocycles. The summed E-state index contributed by atoms with van der Waals surface area (Å²) in [6.45, 7) is 0.525. The fourth-order valence-electron chi connectivity index (χ4n) is 2.07. The van der Waals surface area contributed by atoms with Gasteiger partial charge in [0.05, 0.1) is 4.34 Å². The Morgan fingerprint density at radius 2 is 2.00 bits per heavy atom. The molecule has 102 valence electrons. The van der Waals surface area contributed by atoms with Crippen LogP contribution in [0.1, 0.15) is 25.7 Å². The zero-order chi connectivity index (χ0) is 13.2. The number of alkyl halides is 1. The molecule has 0 saturated heterocycles. The van der Waals surface area contributed by atoms with Crippen LogP contribution in [0.25, 0.3) is 0 Å². The summed E-state index contributed by atoms with van der Waals surface area (Å²) >= 11 is 10.4. The van der Waals surface area contributed by atoms with Gasteiger partial charge in [-0.25, -0.2) is 13.1 Å². The van der Waals surface area contributed by atoms with Crippen molar-refractivity contribution in [1.82, 2.24) is 4.72 Å². The van der Waals surface area contributed by atoms with Crippen LogP contribution in [0.15, 0.2) is 16.3 Å². The summed E-state index contributed by atoms with van der Waals surface area (Å²) in [5.74, 6) is 0.448. The van der Waals surface area contributed by atoms with Crippen LogP contribution >= 0.6 is 38.9 Å². The van der Waals surface area contributed by atoms with E-state index in [4.69, 9.17) is 11.6 Å². The normalized spacial score (nSPS) is 25.2. The number of sulfonamides is 1. The van der Waals surface area contributed by atoms with Gasteiger partial charge in [0.1, 0.15) is 4.21 Å². The van der Waals surface area contributed by atoms with Crippen molar-refractivity contribution < 1.29 is 8.42 Å². The van der Waals surface area contributed by atoms with Crippen molar-refractivity contribution in [3.05, 3.63) is 16.5 Å². The lowest BCUT2D eigenvalue weighted by molar-refractivity contribution is 0.366. The van der Waals surface area contributed by atoms with Crippen molar-refractivity contribution in [3.63, 3.8) is 0 Å². The maximum atomic E-state index is 12.0. The number of nitrogens with one attached hydrogen (secondary N) is 1. The molecule has 1 aliphatic rings. The Hall–Kier alpha value is 0.380. The zero-order valence-corrected chi connectivity index (χ0v) is 13.7. The first-order chi connectivity index (χ1) is 8.47. The molecule has 0 atom stereocenters. The summed E-state index contributed by atoms with van der Waals surface area (Å²) in [5.41, 5.74) is 0. The molecule has 0 amide bonds. The molecule has 2 rings (SSSR count). The van der Waals surface area contributed by atoms with Gasteiger partial charge in [-0.15, -0.1) is 11.3 Å². The Morgan fingerprint density at radius 3 is 2.56 bits per heavy atom. The van der Waals surface area contributed by atoms with Crippen molar-refractivity contribution in [2.45, 2.75) is 34.7 Å². The molecule has 1 fully saturated rings. The largest absolute Gasteiger partial charge is 0.250 e. The molecule has 1 aromatic rings. The van der Waals surface area contributed by atoms with Crippen LogP contribution in [0.5, 0.6) is 0 Å². The molecule has 0 aliphatic heterocycles. The first-order valence-corrected chi connectivity index (χ1v) is 9.46. The molecule has 1 aliphatic carbocycles. The second kappa shape index (κ2) is 6.22. The van der Waals surface area contributed by atoms with Crippen LogP contribution in [0, 0.1) is 5.92 Å². The highest BCUT2D eigenvalue weighted by molar-refractivity contribution is 9.09. The Labute approximate surface area is 125 Å². The first-order valence-electron chi connectivity index (χ1n) is 5.86. The maximum absolute atomic E-state index is 12.0. The lowest BCUT2D eigenvalue weighted by Gasteiger charge is -2.25.